The molecule has 1 aliphatic heterocycles. The van der Waals surface area contributed by atoms with Crippen LogP contribution in [0.1, 0.15) is 17.2 Å². The summed E-state index contributed by atoms with van der Waals surface area (Å²) in [6.07, 6.45) is 0. The van der Waals surface area contributed by atoms with Gasteiger partial charge in [-0.05, 0) is 29.3 Å². The summed E-state index contributed by atoms with van der Waals surface area (Å²) >= 11 is 0. The van der Waals surface area contributed by atoms with Crippen molar-refractivity contribution in [3.8, 4) is 0 Å². The Morgan fingerprint density at radius 3 is 1.79 bits per heavy atom. The molecule has 0 N–H and O–H groups in total. The summed E-state index contributed by atoms with van der Waals surface area (Å²) in [5.74, 6) is 0. The van der Waals surface area contributed by atoms with E-state index in [-0.39, 0.29) is 16.6 Å². The van der Waals surface area contributed by atoms with Gasteiger partial charge in [-0.2, -0.15) is 4.31 Å². The smallest absolute Gasteiger partial charge is 0.295 e. The third kappa shape index (κ3) is 3.87. The van der Waals surface area contributed by atoms with E-state index >= 15 is 0 Å². The summed E-state index contributed by atoms with van der Waals surface area (Å²) in [7, 11) is -0.322. The number of aryl methyl sites for hydroxylation is 2. The number of nitrogens with zero attached hydrogens (tertiary/aromatic N) is 4. The Hall–Kier alpha value is -3.20. The van der Waals surface area contributed by atoms with Crippen LogP contribution in [0, 0.1) is 0 Å². The highest BCUT2D eigenvalue weighted by Gasteiger charge is 2.32. The zero-order chi connectivity index (χ0) is 23.9. The Kier molecular flexibility index (Phi) is 5.89. The fourth-order valence-electron chi connectivity index (χ4n) is 4.88. The average molecular weight is 477 g/mol. The van der Waals surface area contributed by atoms with Crippen LogP contribution >= 0.6 is 0 Å². The number of imidazole rings is 1. The second-order valence-corrected chi connectivity index (χ2v) is 10.7. The number of benzene rings is 3. The van der Waals surface area contributed by atoms with Crippen LogP contribution in [0.5, 0.6) is 0 Å². The highest BCUT2D eigenvalue weighted by Crippen LogP contribution is 2.30. The van der Waals surface area contributed by atoms with Gasteiger partial charge in [0.25, 0.3) is 0 Å². The molecule has 1 aromatic heterocycles. The van der Waals surface area contributed by atoms with Gasteiger partial charge in [-0.15, -0.1) is 0 Å². The third-order valence-corrected chi connectivity index (χ3v) is 8.64. The molecule has 0 spiro atoms. The molecule has 0 atom stereocenters. The quantitative estimate of drug-likeness (QED) is 0.444. The maximum atomic E-state index is 13.5. The van der Waals surface area contributed by atoms with Crippen molar-refractivity contribution in [2.45, 2.75) is 10.9 Å². The zero-order valence-corrected chi connectivity index (χ0v) is 20.1. The van der Waals surface area contributed by atoms with E-state index in [4.69, 9.17) is 0 Å². The number of piperazine rings is 1. The van der Waals surface area contributed by atoms with Gasteiger partial charge in [0.1, 0.15) is 0 Å². The van der Waals surface area contributed by atoms with Crippen molar-refractivity contribution >= 4 is 21.1 Å². The Bertz CT molecular complexity index is 1430. The minimum absolute atomic E-state index is 0.0717. The Morgan fingerprint density at radius 2 is 1.24 bits per heavy atom. The number of fused-ring (bicyclic) bond motifs is 1. The molecular weight excluding hydrogens is 448 g/mol. The van der Waals surface area contributed by atoms with Crippen LogP contribution in [0.4, 0.5) is 0 Å². The fourth-order valence-corrected chi connectivity index (χ4v) is 6.33. The molecule has 1 aliphatic rings. The largest absolute Gasteiger partial charge is 0.328 e. The zero-order valence-electron chi connectivity index (χ0n) is 19.3. The molecule has 0 bridgehead atoms. The van der Waals surface area contributed by atoms with Crippen molar-refractivity contribution in [1.82, 2.24) is 18.3 Å². The van der Waals surface area contributed by atoms with Gasteiger partial charge >= 0.3 is 5.69 Å². The molecule has 2 heterocycles. The summed E-state index contributed by atoms with van der Waals surface area (Å²) in [5, 5.41) is 0. The number of sulfonamides is 1. The summed E-state index contributed by atoms with van der Waals surface area (Å²) in [6, 6.07) is 25.7. The van der Waals surface area contributed by atoms with Gasteiger partial charge in [0.2, 0.25) is 10.0 Å². The van der Waals surface area contributed by atoms with Gasteiger partial charge in [-0.3, -0.25) is 14.0 Å². The van der Waals surface area contributed by atoms with E-state index in [1.54, 1.807) is 36.6 Å². The topological polar surface area (TPSA) is 67.5 Å². The lowest BCUT2D eigenvalue weighted by atomic mass is 9.96. The number of aromatic nitrogens is 2. The molecule has 0 saturated carbocycles. The molecule has 34 heavy (non-hydrogen) atoms. The molecule has 3 aromatic carbocycles. The first kappa shape index (κ1) is 22.6. The van der Waals surface area contributed by atoms with Gasteiger partial charge in [0.15, 0.2) is 0 Å². The van der Waals surface area contributed by atoms with Crippen LogP contribution in [-0.2, 0) is 24.1 Å². The average Bonchev–Trinajstić information content (AvgIpc) is 3.09. The maximum Gasteiger partial charge on any atom is 0.328 e. The molecule has 7 nitrogen and oxygen atoms in total. The monoisotopic (exact) mass is 476 g/mol. The van der Waals surface area contributed by atoms with Crippen molar-refractivity contribution in [2.24, 2.45) is 14.1 Å². The van der Waals surface area contributed by atoms with E-state index in [0.717, 1.165) is 0 Å². The Balaban J connectivity index is 1.40. The minimum Gasteiger partial charge on any atom is -0.295 e. The van der Waals surface area contributed by atoms with E-state index in [0.29, 0.717) is 37.2 Å². The molecule has 5 rings (SSSR count). The Labute approximate surface area is 199 Å². The van der Waals surface area contributed by atoms with E-state index < -0.39 is 10.0 Å². The predicted octanol–water partition coefficient (Wildman–Crippen LogP) is 2.97. The molecule has 1 saturated heterocycles. The van der Waals surface area contributed by atoms with Crippen LogP contribution in [0.3, 0.4) is 0 Å². The normalized spacial score (nSPS) is 15.9. The second kappa shape index (κ2) is 8.87. The van der Waals surface area contributed by atoms with Crippen LogP contribution in [0.25, 0.3) is 11.0 Å². The van der Waals surface area contributed by atoms with Gasteiger partial charge in [0, 0.05) is 40.3 Å². The summed E-state index contributed by atoms with van der Waals surface area (Å²) in [5.41, 5.74) is 3.54. The predicted molar refractivity (Wildman–Crippen MR) is 133 cm³/mol. The van der Waals surface area contributed by atoms with Gasteiger partial charge in [-0.1, -0.05) is 60.7 Å². The minimum atomic E-state index is -3.67. The number of hydrogen-bond acceptors (Lipinski definition) is 4. The van der Waals surface area contributed by atoms with Gasteiger partial charge < -0.3 is 0 Å². The molecular formula is C26H28N4O3S. The molecule has 0 amide bonds. The first-order valence-corrected chi connectivity index (χ1v) is 12.8. The van der Waals surface area contributed by atoms with E-state index in [9.17, 15) is 13.2 Å². The van der Waals surface area contributed by atoms with E-state index in [2.05, 4.69) is 29.2 Å². The lowest BCUT2D eigenvalue weighted by molar-refractivity contribution is 0.156. The number of rotatable bonds is 5. The van der Waals surface area contributed by atoms with Gasteiger partial charge in [0.05, 0.1) is 22.0 Å². The first-order chi connectivity index (χ1) is 16.4. The lowest BCUT2D eigenvalue weighted by Gasteiger charge is -2.39. The van der Waals surface area contributed by atoms with Crippen LogP contribution < -0.4 is 5.69 Å². The molecule has 0 unspecified atom stereocenters. The second-order valence-electron chi connectivity index (χ2n) is 8.72. The summed E-state index contributed by atoms with van der Waals surface area (Å²) in [6.45, 7) is 2.06. The van der Waals surface area contributed by atoms with Crippen molar-refractivity contribution in [1.29, 1.82) is 0 Å². The molecule has 0 aliphatic carbocycles. The van der Waals surface area contributed by atoms with Crippen LogP contribution in [0.2, 0.25) is 0 Å². The Morgan fingerprint density at radius 1 is 0.706 bits per heavy atom. The molecule has 0 radical (unpaired) electrons. The van der Waals surface area contributed by atoms with E-state index in [1.807, 2.05) is 36.4 Å². The van der Waals surface area contributed by atoms with Crippen molar-refractivity contribution in [3.05, 3.63) is 100 Å². The third-order valence-electron chi connectivity index (χ3n) is 6.75. The van der Waals surface area contributed by atoms with Crippen LogP contribution in [0.15, 0.2) is 88.6 Å². The summed E-state index contributed by atoms with van der Waals surface area (Å²) < 4.78 is 31.5. The van der Waals surface area contributed by atoms with Crippen LogP contribution in [-0.4, -0.2) is 52.9 Å². The standard InChI is InChI=1S/C26H28N4O3S/c1-27-23-14-13-22(19-24(23)28(2)26(27)31)34(32,33)30-17-15-29(16-18-30)25(20-9-5-3-6-10-20)21-11-7-4-8-12-21/h3-14,19,25H,15-18H2,1-2H3. The highest BCUT2D eigenvalue weighted by molar-refractivity contribution is 7.89. The highest BCUT2D eigenvalue weighted by atomic mass is 32.2. The number of hydrogen-bond donors (Lipinski definition) is 0. The first-order valence-electron chi connectivity index (χ1n) is 11.4. The van der Waals surface area contributed by atoms with Crippen molar-refractivity contribution < 1.29 is 8.42 Å². The van der Waals surface area contributed by atoms with Gasteiger partial charge in [-0.25, -0.2) is 13.2 Å². The molecule has 4 aromatic rings. The van der Waals surface area contributed by atoms with Crippen molar-refractivity contribution in [2.75, 3.05) is 26.2 Å². The lowest BCUT2D eigenvalue weighted by Crippen LogP contribution is -2.49. The molecule has 176 valence electrons. The van der Waals surface area contributed by atoms with E-state index in [1.165, 1.54) is 20.3 Å². The maximum absolute atomic E-state index is 13.5. The molecule has 1 fully saturated rings. The summed E-state index contributed by atoms with van der Waals surface area (Å²) in [4.78, 5) is 14.8. The SMILES string of the molecule is Cn1c(=O)n(C)c2cc(S(=O)(=O)N3CCN(C(c4ccccc4)c4ccccc4)CC3)ccc21. The van der Waals surface area contributed by atoms with Crippen molar-refractivity contribution in [3.63, 3.8) is 0 Å². The fraction of sp³-hybridized carbons (Fsp3) is 0.269. The molecule has 8 heteroatoms.